The second-order valence-corrected chi connectivity index (χ2v) is 9.72. The molecule has 0 heterocycles. The second-order valence-electron chi connectivity index (χ2n) is 9.72. The van der Waals surface area contributed by atoms with Gasteiger partial charge in [0.15, 0.2) is 0 Å². The summed E-state index contributed by atoms with van der Waals surface area (Å²) in [4.78, 5) is 36.1. The van der Waals surface area contributed by atoms with Crippen LogP contribution in [0.2, 0.25) is 0 Å². The van der Waals surface area contributed by atoms with E-state index in [9.17, 15) is 14.4 Å². The molecule has 3 aliphatic rings. The van der Waals surface area contributed by atoms with Crippen molar-refractivity contribution < 1.29 is 24.2 Å². The first-order chi connectivity index (χ1) is 16.5. The Labute approximate surface area is 198 Å². The number of nitrogens with one attached hydrogen (secondary N) is 2. The van der Waals surface area contributed by atoms with E-state index in [0.717, 1.165) is 19.3 Å². The van der Waals surface area contributed by atoms with Gasteiger partial charge in [-0.15, -0.1) is 0 Å². The molecule has 2 amide bonds. The Kier molecular flexibility index (Phi) is 6.26. The van der Waals surface area contributed by atoms with Gasteiger partial charge in [0.25, 0.3) is 0 Å². The predicted octanol–water partition coefficient (Wildman–Crippen LogP) is 3.92. The van der Waals surface area contributed by atoms with Crippen LogP contribution in [-0.4, -0.2) is 42.3 Å². The number of amides is 2. The number of carboxylic acids is 1. The molecule has 0 aromatic heterocycles. The Morgan fingerprint density at radius 3 is 2.26 bits per heavy atom. The van der Waals surface area contributed by atoms with E-state index in [2.05, 4.69) is 34.9 Å². The van der Waals surface area contributed by atoms with Crippen LogP contribution in [-0.2, 0) is 14.3 Å². The SMILES string of the molecule is O=C(NC1CCCC(C(=O)NC[C@@H]2C[C@@H]2C(=O)O)C1)OCC1c2ccccc2-c2ccccc21. The van der Waals surface area contributed by atoms with E-state index in [1.165, 1.54) is 22.3 Å². The summed E-state index contributed by atoms with van der Waals surface area (Å²) in [6.45, 7) is 0.680. The first-order valence-electron chi connectivity index (χ1n) is 12.1. The van der Waals surface area contributed by atoms with Gasteiger partial charge in [-0.25, -0.2) is 4.79 Å². The summed E-state index contributed by atoms with van der Waals surface area (Å²) in [7, 11) is 0. The summed E-state index contributed by atoms with van der Waals surface area (Å²) < 4.78 is 5.65. The molecule has 5 rings (SSSR count). The number of alkyl carbamates (subject to hydrolysis) is 1. The molecular formula is C27H30N2O5. The molecule has 0 bridgehead atoms. The Morgan fingerprint density at radius 1 is 0.941 bits per heavy atom. The fraction of sp³-hybridized carbons (Fsp3) is 0.444. The normalized spacial score (nSPS) is 25.1. The van der Waals surface area contributed by atoms with Crippen LogP contribution in [0.25, 0.3) is 11.1 Å². The highest BCUT2D eigenvalue weighted by atomic mass is 16.5. The van der Waals surface area contributed by atoms with Gasteiger partial charge in [-0.3, -0.25) is 9.59 Å². The van der Waals surface area contributed by atoms with Crippen molar-refractivity contribution in [3.63, 3.8) is 0 Å². The third kappa shape index (κ3) is 4.65. The maximum atomic E-state index is 12.6. The summed E-state index contributed by atoms with van der Waals surface area (Å²) in [6, 6.07) is 16.4. The van der Waals surface area contributed by atoms with Crippen LogP contribution >= 0.6 is 0 Å². The highest BCUT2D eigenvalue weighted by Crippen LogP contribution is 2.44. The highest BCUT2D eigenvalue weighted by molar-refractivity contribution is 5.80. The molecule has 4 atom stereocenters. The van der Waals surface area contributed by atoms with Gasteiger partial charge in [0.1, 0.15) is 6.61 Å². The molecule has 0 spiro atoms. The van der Waals surface area contributed by atoms with Crippen molar-refractivity contribution in [2.24, 2.45) is 17.8 Å². The molecule has 3 aliphatic carbocycles. The second kappa shape index (κ2) is 9.49. The molecule has 2 aromatic carbocycles. The molecule has 7 nitrogen and oxygen atoms in total. The number of hydrogen-bond donors (Lipinski definition) is 3. The first-order valence-corrected chi connectivity index (χ1v) is 12.1. The molecule has 3 N–H and O–H groups in total. The minimum absolute atomic E-state index is 0.0140. The average molecular weight is 463 g/mol. The van der Waals surface area contributed by atoms with Gasteiger partial charge in [0, 0.05) is 24.4 Å². The van der Waals surface area contributed by atoms with Gasteiger partial charge < -0.3 is 20.5 Å². The van der Waals surface area contributed by atoms with E-state index in [1.54, 1.807) is 0 Å². The summed E-state index contributed by atoms with van der Waals surface area (Å²) in [5.41, 5.74) is 4.72. The third-order valence-electron chi connectivity index (χ3n) is 7.49. The molecular weight excluding hydrogens is 432 g/mol. The van der Waals surface area contributed by atoms with E-state index in [-0.39, 0.29) is 42.2 Å². The lowest BCUT2D eigenvalue weighted by atomic mass is 9.85. The van der Waals surface area contributed by atoms with Crippen LogP contribution < -0.4 is 10.6 Å². The van der Waals surface area contributed by atoms with Crippen LogP contribution in [0, 0.1) is 17.8 Å². The Balaban J connectivity index is 1.11. The molecule has 2 fully saturated rings. The van der Waals surface area contributed by atoms with Crippen molar-refractivity contribution >= 4 is 18.0 Å². The van der Waals surface area contributed by atoms with Gasteiger partial charge in [-0.2, -0.15) is 0 Å². The lowest BCUT2D eigenvalue weighted by Gasteiger charge is -2.29. The van der Waals surface area contributed by atoms with Crippen LogP contribution in [0.4, 0.5) is 4.79 Å². The van der Waals surface area contributed by atoms with Crippen molar-refractivity contribution in [3.05, 3.63) is 59.7 Å². The van der Waals surface area contributed by atoms with E-state index >= 15 is 0 Å². The fourth-order valence-corrected chi connectivity index (χ4v) is 5.52. The van der Waals surface area contributed by atoms with Gasteiger partial charge in [0.05, 0.1) is 5.92 Å². The molecule has 2 saturated carbocycles. The quantitative estimate of drug-likeness (QED) is 0.579. The number of fused-ring (bicyclic) bond motifs is 3. The van der Waals surface area contributed by atoms with Crippen LogP contribution in [0.1, 0.15) is 49.1 Å². The van der Waals surface area contributed by atoms with Gasteiger partial charge in [0.2, 0.25) is 5.91 Å². The number of carbonyl (C=O) groups is 3. The zero-order valence-corrected chi connectivity index (χ0v) is 19.0. The number of hydrogen-bond acceptors (Lipinski definition) is 4. The highest BCUT2D eigenvalue weighted by Gasteiger charge is 2.43. The lowest BCUT2D eigenvalue weighted by molar-refractivity contribution is -0.139. The van der Waals surface area contributed by atoms with Crippen molar-refractivity contribution in [1.29, 1.82) is 0 Å². The number of benzene rings is 2. The fourth-order valence-electron chi connectivity index (χ4n) is 5.52. The molecule has 2 aromatic rings. The van der Waals surface area contributed by atoms with Gasteiger partial charge >= 0.3 is 12.1 Å². The Bertz CT molecular complexity index is 1050. The molecule has 178 valence electrons. The molecule has 2 unspecified atom stereocenters. The molecule has 0 saturated heterocycles. The van der Waals surface area contributed by atoms with E-state index in [1.807, 2.05) is 24.3 Å². The van der Waals surface area contributed by atoms with E-state index in [0.29, 0.717) is 19.4 Å². The minimum Gasteiger partial charge on any atom is -0.481 e. The zero-order chi connectivity index (χ0) is 23.7. The monoisotopic (exact) mass is 462 g/mol. The lowest BCUT2D eigenvalue weighted by Crippen LogP contribution is -2.43. The molecule has 7 heteroatoms. The van der Waals surface area contributed by atoms with Crippen LogP contribution in [0.5, 0.6) is 0 Å². The number of ether oxygens (including phenoxy) is 1. The van der Waals surface area contributed by atoms with Crippen molar-refractivity contribution in [2.45, 2.75) is 44.1 Å². The van der Waals surface area contributed by atoms with Crippen LogP contribution in [0.3, 0.4) is 0 Å². The standard InChI is InChI=1S/C27H30N2O5/c30-25(28-14-17-13-23(17)26(31)32)16-6-5-7-18(12-16)29-27(33)34-15-24-21-10-3-1-8-19(21)20-9-2-4-11-22(20)24/h1-4,8-11,16-18,23-24H,5-7,12-15H2,(H,28,30)(H,29,33)(H,31,32)/t16?,17-,18?,23-/m0/s1. The topological polar surface area (TPSA) is 105 Å². The molecule has 0 radical (unpaired) electrons. The minimum atomic E-state index is -0.788. The van der Waals surface area contributed by atoms with Gasteiger partial charge in [-0.05, 0) is 53.9 Å². The zero-order valence-electron chi connectivity index (χ0n) is 19.0. The molecule has 34 heavy (non-hydrogen) atoms. The maximum absolute atomic E-state index is 12.6. The summed E-state index contributed by atoms with van der Waals surface area (Å²) in [6.07, 6.45) is 3.21. The third-order valence-corrected chi connectivity index (χ3v) is 7.49. The van der Waals surface area contributed by atoms with Gasteiger partial charge in [-0.1, -0.05) is 55.0 Å². The van der Waals surface area contributed by atoms with Crippen molar-refractivity contribution in [3.8, 4) is 11.1 Å². The predicted molar refractivity (Wildman–Crippen MR) is 126 cm³/mol. The number of carboxylic acid groups (broad SMARTS) is 1. The number of aliphatic carboxylic acids is 1. The Morgan fingerprint density at radius 2 is 1.62 bits per heavy atom. The Hall–Kier alpha value is -3.35. The molecule has 0 aliphatic heterocycles. The average Bonchev–Trinajstić information content (AvgIpc) is 3.57. The van der Waals surface area contributed by atoms with Crippen LogP contribution in [0.15, 0.2) is 48.5 Å². The maximum Gasteiger partial charge on any atom is 0.407 e. The summed E-state index contributed by atoms with van der Waals surface area (Å²) in [5, 5.41) is 14.9. The van der Waals surface area contributed by atoms with Crippen molar-refractivity contribution in [2.75, 3.05) is 13.2 Å². The summed E-state index contributed by atoms with van der Waals surface area (Å²) in [5.74, 6) is -1.27. The van der Waals surface area contributed by atoms with E-state index < -0.39 is 12.1 Å². The summed E-state index contributed by atoms with van der Waals surface area (Å²) >= 11 is 0. The number of rotatable bonds is 7. The first kappa shape index (κ1) is 22.4. The van der Waals surface area contributed by atoms with Crippen molar-refractivity contribution in [1.82, 2.24) is 10.6 Å². The smallest absolute Gasteiger partial charge is 0.407 e. The largest absolute Gasteiger partial charge is 0.481 e. The number of carbonyl (C=O) groups excluding carboxylic acids is 2. The van der Waals surface area contributed by atoms with E-state index in [4.69, 9.17) is 9.84 Å².